The highest BCUT2D eigenvalue weighted by atomic mass is 35.5. The zero-order chi connectivity index (χ0) is 14.9. The van der Waals surface area contributed by atoms with Gasteiger partial charge in [-0.05, 0) is 26.1 Å². The van der Waals surface area contributed by atoms with Gasteiger partial charge in [-0.1, -0.05) is 25.4 Å². The van der Waals surface area contributed by atoms with E-state index in [9.17, 15) is 0 Å². The van der Waals surface area contributed by atoms with Crippen LogP contribution >= 0.6 is 23.2 Å². The van der Waals surface area contributed by atoms with Crippen molar-refractivity contribution in [1.29, 1.82) is 0 Å². The van der Waals surface area contributed by atoms with E-state index in [1.807, 2.05) is 6.07 Å². The molecular formula is C14H20Cl2N4. The van der Waals surface area contributed by atoms with Crippen molar-refractivity contribution in [2.45, 2.75) is 25.8 Å². The van der Waals surface area contributed by atoms with E-state index in [2.05, 4.69) is 47.4 Å². The molecule has 0 N–H and O–H groups in total. The lowest BCUT2D eigenvalue weighted by molar-refractivity contribution is 0.269. The fraction of sp³-hybridized carbons (Fsp3) is 0.571. The Morgan fingerprint density at radius 2 is 2.05 bits per heavy atom. The number of halogens is 2. The molecule has 20 heavy (non-hydrogen) atoms. The lowest BCUT2D eigenvalue weighted by atomic mass is 10.0. The Bertz CT molecular complexity index is 592. The first-order valence-electron chi connectivity index (χ1n) is 6.67. The molecule has 6 heteroatoms. The summed E-state index contributed by atoms with van der Waals surface area (Å²) in [7, 11) is 4.14. The third kappa shape index (κ3) is 3.08. The van der Waals surface area contributed by atoms with Gasteiger partial charge >= 0.3 is 0 Å². The number of alkyl halides is 1. The van der Waals surface area contributed by atoms with Crippen LogP contribution in [0.15, 0.2) is 12.3 Å². The Hall–Kier alpha value is -0.840. The first-order chi connectivity index (χ1) is 9.43. The molecule has 0 aliphatic carbocycles. The summed E-state index contributed by atoms with van der Waals surface area (Å²) in [6.45, 7) is 5.32. The number of hydrogen-bond donors (Lipinski definition) is 0. The van der Waals surface area contributed by atoms with Crippen molar-refractivity contribution in [3.05, 3.63) is 23.1 Å². The zero-order valence-corrected chi connectivity index (χ0v) is 13.8. The smallest absolute Gasteiger partial charge is 0.160 e. The van der Waals surface area contributed by atoms with Gasteiger partial charge in [0, 0.05) is 12.7 Å². The molecule has 2 aromatic rings. The van der Waals surface area contributed by atoms with Crippen molar-refractivity contribution in [2.75, 3.05) is 20.6 Å². The van der Waals surface area contributed by atoms with Crippen molar-refractivity contribution in [3.63, 3.8) is 0 Å². The second kappa shape index (κ2) is 6.29. The lowest BCUT2D eigenvalue weighted by Gasteiger charge is -2.27. The molecule has 1 unspecified atom stereocenters. The van der Waals surface area contributed by atoms with Gasteiger partial charge in [-0.2, -0.15) is 0 Å². The maximum Gasteiger partial charge on any atom is 0.160 e. The molecule has 0 aromatic carbocycles. The Kier molecular flexibility index (Phi) is 4.89. The average Bonchev–Trinajstić information content (AvgIpc) is 2.72. The predicted molar refractivity (Wildman–Crippen MR) is 84.5 cm³/mol. The normalized spacial score (nSPS) is 13.6. The molecule has 0 bridgehead atoms. The van der Waals surface area contributed by atoms with Crippen molar-refractivity contribution in [3.8, 4) is 0 Å². The van der Waals surface area contributed by atoms with E-state index in [1.165, 1.54) is 0 Å². The molecular weight excluding hydrogens is 295 g/mol. The second-order valence-electron chi connectivity index (χ2n) is 5.60. The number of aromatic nitrogens is 3. The summed E-state index contributed by atoms with van der Waals surface area (Å²) >= 11 is 12.1. The standard InChI is InChI=1S/C14H20Cl2N4/c1-9(2)12(8-19(3)4)20-13(6-15)18-11-5-10(16)7-17-14(11)20/h5,7,9,12H,6,8H2,1-4H3. The van der Waals surface area contributed by atoms with Crippen LogP contribution in [0.5, 0.6) is 0 Å². The van der Waals surface area contributed by atoms with Crippen molar-refractivity contribution in [1.82, 2.24) is 19.4 Å². The third-order valence-electron chi connectivity index (χ3n) is 3.34. The van der Waals surface area contributed by atoms with Gasteiger partial charge in [0.25, 0.3) is 0 Å². The van der Waals surface area contributed by atoms with E-state index in [1.54, 1.807) is 6.20 Å². The predicted octanol–water partition coefficient (Wildman–Crippen LogP) is 3.58. The van der Waals surface area contributed by atoms with E-state index in [0.717, 1.165) is 23.5 Å². The molecule has 110 valence electrons. The molecule has 0 saturated carbocycles. The summed E-state index contributed by atoms with van der Waals surface area (Å²) in [5, 5.41) is 0.594. The number of likely N-dealkylation sites (N-methyl/N-ethyl adjacent to an activating group) is 1. The first-order valence-corrected chi connectivity index (χ1v) is 7.58. The van der Waals surface area contributed by atoms with E-state index >= 15 is 0 Å². The quantitative estimate of drug-likeness (QED) is 0.791. The number of hydrogen-bond acceptors (Lipinski definition) is 3. The summed E-state index contributed by atoms with van der Waals surface area (Å²) in [4.78, 5) is 11.2. The molecule has 0 aliphatic heterocycles. The van der Waals surface area contributed by atoms with Crippen LogP contribution in [-0.4, -0.2) is 40.1 Å². The van der Waals surface area contributed by atoms with Crippen molar-refractivity contribution in [2.24, 2.45) is 5.92 Å². The topological polar surface area (TPSA) is 34.0 Å². The molecule has 1 atom stereocenters. The second-order valence-corrected chi connectivity index (χ2v) is 6.31. The number of imidazole rings is 1. The van der Waals surface area contributed by atoms with E-state index < -0.39 is 0 Å². The molecule has 2 aromatic heterocycles. The molecule has 0 spiro atoms. The first kappa shape index (κ1) is 15.5. The van der Waals surface area contributed by atoms with Gasteiger partial charge in [-0.3, -0.25) is 0 Å². The maximum absolute atomic E-state index is 6.07. The van der Waals surface area contributed by atoms with Gasteiger partial charge in [0.1, 0.15) is 11.3 Å². The highest BCUT2D eigenvalue weighted by Gasteiger charge is 2.23. The fourth-order valence-electron chi connectivity index (χ4n) is 2.41. The number of rotatable bonds is 5. The van der Waals surface area contributed by atoms with E-state index in [0.29, 0.717) is 16.8 Å². The van der Waals surface area contributed by atoms with Crippen LogP contribution in [0.3, 0.4) is 0 Å². The molecule has 0 fully saturated rings. The molecule has 4 nitrogen and oxygen atoms in total. The van der Waals surface area contributed by atoms with Crippen LogP contribution < -0.4 is 0 Å². The van der Waals surface area contributed by atoms with Gasteiger partial charge in [0.05, 0.1) is 16.9 Å². The van der Waals surface area contributed by atoms with Crippen LogP contribution in [-0.2, 0) is 5.88 Å². The van der Waals surface area contributed by atoms with Crippen LogP contribution in [0.4, 0.5) is 0 Å². The minimum absolute atomic E-state index is 0.275. The lowest BCUT2D eigenvalue weighted by Crippen LogP contribution is -2.29. The molecule has 2 heterocycles. The zero-order valence-electron chi connectivity index (χ0n) is 12.3. The highest BCUT2D eigenvalue weighted by Crippen LogP contribution is 2.27. The van der Waals surface area contributed by atoms with Crippen LogP contribution in [0, 0.1) is 5.92 Å². The Morgan fingerprint density at radius 3 is 2.60 bits per heavy atom. The van der Waals surface area contributed by atoms with Crippen molar-refractivity contribution < 1.29 is 0 Å². The van der Waals surface area contributed by atoms with Crippen molar-refractivity contribution >= 4 is 34.4 Å². The number of fused-ring (bicyclic) bond motifs is 1. The minimum atomic E-state index is 0.275. The summed E-state index contributed by atoms with van der Waals surface area (Å²) in [5.41, 5.74) is 1.66. The van der Waals surface area contributed by atoms with E-state index in [4.69, 9.17) is 23.2 Å². The molecule has 0 aliphatic rings. The molecule has 0 radical (unpaired) electrons. The van der Waals surface area contributed by atoms with Crippen LogP contribution in [0.25, 0.3) is 11.2 Å². The van der Waals surface area contributed by atoms with Crippen LogP contribution in [0.2, 0.25) is 5.02 Å². The molecule has 2 rings (SSSR count). The number of nitrogens with zero attached hydrogens (tertiary/aromatic N) is 4. The number of pyridine rings is 1. The summed E-state index contributed by atoms with van der Waals surface area (Å²) in [6.07, 6.45) is 1.66. The highest BCUT2D eigenvalue weighted by molar-refractivity contribution is 6.31. The fourth-order valence-corrected chi connectivity index (χ4v) is 2.75. The SMILES string of the molecule is CC(C)C(CN(C)C)n1c(CCl)nc2cc(Cl)cnc21. The maximum atomic E-state index is 6.07. The Balaban J connectivity index is 2.60. The monoisotopic (exact) mass is 314 g/mol. The summed E-state index contributed by atoms with van der Waals surface area (Å²) < 4.78 is 2.16. The Morgan fingerprint density at radius 1 is 1.35 bits per heavy atom. The van der Waals surface area contributed by atoms with E-state index in [-0.39, 0.29) is 6.04 Å². The Labute approximate surface area is 129 Å². The summed E-state index contributed by atoms with van der Waals surface area (Å²) in [6, 6.07) is 2.11. The van der Waals surface area contributed by atoms with Gasteiger partial charge in [0.15, 0.2) is 5.65 Å². The molecule has 0 amide bonds. The van der Waals surface area contributed by atoms with Crippen LogP contribution in [0.1, 0.15) is 25.7 Å². The van der Waals surface area contributed by atoms with Gasteiger partial charge < -0.3 is 9.47 Å². The van der Waals surface area contributed by atoms with Gasteiger partial charge in [-0.25, -0.2) is 9.97 Å². The summed E-state index contributed by atoms with van der Waals surface area (Å²) in [5.74, 6) is 1.66. The minimum Gasteiger partial charge on any atom is -0.307 e. The van der Waals surface area contributed by atoms with Gasteiger partial charge in [0.2, 0.25) is 0 Å². The molecule has 0 saturated heterocycles. The third-order valence-corrected chi connectivity index (χ3v) is 3.79. The van der Waals surface area contributed by atoms with Gasteiger partial charge in [-0.15, -0.1) is 11.6 Å². The average molecular weight is 315 g/mol. The largest absolute Gasteiger partial charge is 0.307 e.